The summed E-state index contributed by atoms with van der Waals surface area (Å²) in [6, 6.07) is 8.12. The van der Waals surface area contributed by atoms with E-state index in [9.17, 15) is 13.2 Å². The van der Waals surface area contributed by atoms with Gasteiger partial charge in [-0.15, -0.1) is 0 Å². The molecule has 1 aromatic heterocycles. The van der Waals surface area contributed by atoms with Gasteiger partial charge in [0, 0.05) is 31.7 Å². The molecule has 0 fully saturated rings. The third-order valence-corrected chi connectivity index (χ3v) is 7.70. The van der Waals surface area contributed by atoms with Crippen molar-refractivity contribution in [3.8, 4) is 0 Å². The third kappa shape index (κ3) is 4.31. The van der Waals surface area contributed by atoms with E-state index in [0.29, 0.717) is 18.0 Å². The van der Waals surface area contributed by atoms with Crippen LogP contribution in [0.3, 0.4) is 0 Å². The molecule has 1 heterocycles. The first-order valence-electron chi connectivity index (χ1n) is 8.99. The predicted molar refractivity (Wildman–Crippen MR) is 121 cm³/mol. The monoisotopic (exact) mass is 487 g/mol. The molecule has 0 aliphatic heterocycles. The van der Waals surface area contributed by atoms with Gasteiger partial charge in [-0.05, 0) is 37.1 Å². The van der Waals surface area contributed by atoms with Crippen molar-refractivity contribution < 1.29 is 13.2 Å². The molecule has 0 radical (unpaired) electrons. The van der Waals surface area contributed by atoms with E-state index in [2.05, 4.69) is 10.3 Å². The Morgan fingerprint density at radius 2 is 1.80 bits per heavy atom. The lowest BCUT2D eigenvalue weighted by atomic mass is 10.1. The first-order chi connectivity index (χ1) is 14.0. The Kier molecular flexibility index (Phi) is 6.69. The molecule has 0 bridgehead atoms. The fourth-order valence-corrected chi connectivity index (χ4v) is 5.13. The number of halogens is 3. The molecule has 0 saturated heterocycles. The van der Waals surface area contributed by atoms with Crippen molar-refractivity contribution in [2.75, 3.05) is 20.6 Å². The Labute approximate surface area is 190 Å². The van der Waals surface area contributed by atoms with Crippen LogP contribution >= 0.6 is 34.8 Å². The van der Waals surface area contributed by atoms with Crippen molar-refractivity contribution in [3.05, 3.63) is 62.2 Å². The van der Waals surface area contributed by atoms with Crippen LogP contribution in [0.2, 0.25) is 15.1 Å². The number of nitrogens with one attached hydrogen (secondary N) is 2. The highest BCUT2D eigenvalue weighted by Gasteiger charge is 2.24. The van der Waals surface area contributed by atoms with Crippen LogP contribution in [-0.4, -0.2) is 44.3 Å². The summed E-state index contributed by atoms with van der Waals surface area (Å²) < 4.78 is 25.9. The largest absolute Gasteiger partial charge is 0.357 e. The number of hydrogen-bond acceptors (Lipinski definition) is 3. The van der Waals surface area contributed by atoms with Gasteiger partial charge in [0.15, 0.2) is 0 Å². The van der Waals surface area contributed by atoms with Crippen LogP contribution in [0.4, 0.5) is 0 Å². The minimum atomic E-state index is -3.82. The number of amides is 1. The third-order valence-electron chi connectivity index (χ3n) is 4.79. The molecule has 0 spiro atoms. The number of fused-ring (bicyclic) bond motifs is 1. The van der Waals surface area contributed by atoms with Crippen molar-refractivity contribution in [3.63, 3.8) is 0 Å². The molecular formula is C20H20Cl3N3O3S. The van der Waals surface area contributed by atoms with Gasteiger partial charge in [0.25, 0.3) is 5.91 Å². The predicted octanol–water partition coefficient (Wildman–Crippen LogP) is 4.66. The van der Waals surface area contributed by atoms with E-state index >= 15 is 0 Å². The summed E-state index contributed by atoms with van der Waals surface area (Å²) in [5.74, 6) is -0.484. The molecule has 30 heavy (non-hydrogen) atoms. The van der Waals surface area contributed by atoms with Crippen LogP contribution in [-0.2, 0) is 16.4 Å². The van der Waals surface area contributed by atoms with Gasteiger partial charge < -0.3 is 10.3 Å². The van der Waals surface area contributed by atoms with Crippen LogP contribution in [0.25, 0.3) is 10.9 Å². The zero-order chi connectivity index (χ0) is 22.2. The zero-order valence-corrected chi connectivity index (χ0v) is 19.6. The fraction of sp³-hybridized carbons (Fsp3) is 0.250. The Morgan fingerprint density at radius 3 is 2.47 bits per heavy atom. The minimum Gasteiger partial charge on any atom is -0.357 e. The lowest BCUT2D eigenvalue weighted by Gasteiger charge is -2.15. The summed E-state index contributed by atoms with van der Waals surface area (Å²) in [6.45, 7) is 2.27. The molecule has 10 heteroatoms. The number of carbonyl (C=O) groups is 1. The van der Waals surface area contributed by atoms with Crippen molar-refractivity contribution in [1.82, 2.24) is 14.6 Å². The highest BCUT2D eigenvalue weighted by atomic mass is 35.5. The van der Waals surface area contributed by atoms with E-state index in [1.165, 1.54) is 26.2 Å². The minimum absolute atomic E-state index is 0.0418. The number of aromatic amines is 1. The van der Waals surface area contributed by atoms with E-state index in [1.807, 2.05) is 25.1 Å². The number of rotatable bonds is 6. The molecule has 6 nitrogen and oxygen atoms in total. The number of sulfonamides is 1. The average molecular weight is 489 g/mol. The number of H-pyrrole nitrogens is 1. The first kappa shape index (κ1) is 22.9. The SMILES string of the molecule is Cc1[nH]c2c(Cl)cccc2c1CCNC(=O)c1cc(S(=O)(=O)N(C)C)c(Cl)cc1Cl. The summed E-state index contributed by atoms with van der Waals surface area (Å²) in [7, 11) is -1.05. The van der Waals surface area contributed by atoms with E-state index in [0.717, 1.165) is 26.5 Å². The van der Waals surface area contributed by atoms with Gasteiger partial charge >= 0.3 is 0 Å². The number of carbonyl (C=O) groups excluding carboxylic acids is 1. The summed E-state index contributed by atoms with van der Waals surface area (Å²) in [6.07, 6.45) is 0.561. The standard InChI is InChI=1S/C20H20Cl3N3O3S/c1-11-12(13-5-4-6-15(21)19(13)25-11)7-8-24-20(27)14-9-18(17(23)10-16(14)22)30(28,29)26(2)3/h4-6,9-10,25H,7-8H2,1-3H3,(H,24,27). The van der Waals surface area contributed by atoms with Crippen LogP contribution in [0.5, 0.6) is 0 Å². The molecule has 0 saturated carbocycles. The molecule has 2 N–H and O–H groups in total. The topological polar surface area (TPSA) is 82.3 Å². The van der Waals surface area contributed by atoms with Gasteiger partial charge in [-0.3, -0.25) is 4.79 Å². The normalized spacial score (nSPS) is 12.0. The quantitative estimate of drug-likeness (QED) is 0.529. The number of aromatic nitrogens is 1. The van der Waals surface area contributed by atoms with Gasteiger partial charge in [-0.2, -0.15) is 0 Å². The summed E-state index contributed by atoms with van der Waals surface area (Å²) in [4.78, 5) is 15.8. The fourth-order valence-electron chi connectivity index (χ4n) is 3.18. The van der Waals surface area contributed by atoms with Crippen LogP contribution < -0.4 is 5.32 Å². The second kappa shape index (κ2) is 8.77. The number of nitrogens with zero attached hydrogens (tertiary/aromatic N) is 1. The van der Waals surface area contributed by atoms with Crippen molar-refractivity contribution >= 4 is 61.6 Å². The summed E-state index contributed by atoms with van der Waals surface area (Å²) >= 11 is 18.4. The van der Waals surface area contributed by atoms with Crippen LogP contribution in [0.1, 0.15) is 21.6 Å². The molecule has 2 aromatic carbocycles. The first-order valence-corrected chi connectivity index (χ1v) is 11.6. The summed E-state index contributed by atoms with van der Waals surface area (Å²) in [5.41, 5.74) is 2.92. The van der Waals surface area contributed by atoms with E-state index in [4.69, 9.17) is 34.8 Å². The van der Waals surface area contributed by atoms with E-state index < -0.39 is 15.9 Å². The molecule has 0 aliphatic rings. The maximum Gasteiger partial charge on any atom is 0.252 e. The van der Waals surface area contributed by atoms with Crippen molar-refractivity contribution in [2.45, 2.75) is 18.2 Å². The zero-order valence-electron chi connectivity index (χ0n) is 16.5. The second-order valence-corrected chi connectivity index (χ2v) is 10.3. The number of para-hydroxylation sites is 1. The number of benzene rings is 2. The average Bonchev–Trinajstić information content (AvgIpc) is 2.98. The molecular weight excluding hydrogens is 469 g/mol. The van der Waals surface area contributed by atoms with Crippen LogP contribution in [0, 0.1) is 6.92 Å². The number of hydrogen-bond donors (Lipinski definition) is 2. The molecule has 3 rings (SSSR count). The Hall–Kier alpha value is -1.77. The highest BCUT2D eigenvalue weighted by Crippen LogP contribution is 2.30. The Morgan fingerprint density at radius 1 is 1.10 bits per heavy atom. The van der Waals surface area contributed by atoms with E-state index in [1.54, 1.807) is 0 Å². The van der Waals surface area contributed by atoms with Crippen LogP contribution in [0.15, 0.2) is 35.2 Å². The molecule has 1 amide bonds. The highest BCUT2D eigenvalue weighted by molar-refractivity contribution is 7.89. The van der Waals surface area contributed by atoms with Gasteiger partial charge in [0.2, 0.25) is 10.0 Å². The van der Waals surface area contributed by atoms with Gasteiger partial charge in [-0.1, -0.05) is 46.9 Å². The molecule has 3 aromatic rings. The maximum atomic E-state index is 12.7. The Bertz CT molecular complexity index is 1240. The lowest BCUT2D eigenvalue weighted by Crippen LogP contribution is -2.27. The summed E-state index contributed by atoms with van der Waals surface area (Å²) in [5, 5.41) is 4.45. The smallest absolute Gasteiger partial charge is 0.252 e. The molecule has 0 unspecified atom stereocenters. The molecule has 0 aliphatic carbocycles. The van der Waals surface area contributed by atoms with Crippen molar-refractivity contribution in [2.24, 2.45) is 0 Å². The second-order valence-electron chi connectivity index (χ2n) is 6.95. The van der Waals surface area contributed by atoms with Gasteiger partial charge in [0.1, 0.15) is 4.90 Å². The number of aryl methyl sites for hydroxylation is 1. The van der Waals surface area contributed by atoms with Gasteiger partial charge in [0.05, 0.1) is 26.1 Å². The maximum absolute atomic E-state index is 12.7. The van der Waals surface area contributed by atoms with E-state index in [-0.39, 0.29) is 20.5 Å². The molecule has 0 atom stereocenters. The lowest BCUT2D eigenvalue weighted by molar-refractivity contribution is 0.0954. The molecule has 160 valence electrons. The van der Waals surface area contributed by atoms with Crippen molar-refractivity contribution in [1.29, 1.82) is 0 Å². The Balaban J connectivity index is 1.81. The van der Waals surface area contributed by atoms with Gasteiger partial charge in [-0.25, -0.2) is 12.7 Å².